The van der Waals surface area contributed by atoms with Gasteiger partial charge in [-0.05, 0) is 61.0 Å². The SMILES string of the molecule is CCCCCOc1ccc(C(=O)Nc2ccc(OC)cc2C(=O)Nc2ccccn2)cc1. The first-order valence-corrected chi connectivity index (χ1v) is 10.6. The van der Waals surface area contributed by atoms with E-state index in [0.717, 1.165) is 25.0 Å². The van der Waals surface area contributed by atoms with Crippen LogP contribution in [0.25, 0.3) is 0 Å². The van der Waals surface area contributed by atoms with Crippen molar-refractivity contribution in [2.24, 2.45) is 0 Å². The van der Waals surface area contributed by atoms with Gasteiger partial charge >= 0.3 is 0 Å². The number of carbonyl (C=O) groups is 2. The summed E-state index contributed by atoms with van der Waals surface area (Å²) in [5.74, 6) is 0.886. The third-order valence-corrected chi connectivity index (χ3v) is 4.76. The zero-order valence-electron chi connectivity index (χ0n) is 18.3. The van der Waals surface area contributed by atoms with Gasteiger partial charge in [0, 0.05) is 11.8 Å². The number of carbonyl (C=O) groups excluding carboxylic acids is 2. The molecule has 2 aromatic carbocycles. The van der Waals surface area contributed by atoms with Gasteiger partial charge in [-0.2, -0.15) is 0 Å². The normalized spacial score (nSPS) is 10.3. The van der Waals surface area contributed by atoms with Crippen LogP contribution in [0, 0.1) is 0 Å². The highest BCUT2D eigenvalue weighted by Gasteiger charge is 2.16. The highest BCUT2D eigenvalue weighted by atomic mass is 16.5. The lowest BCUT2D eigenvalue weighted by molar-refractivity contribution is 0.102. The predicted molar refractivity (Wildman–Crippen MR) is 125 cm³/mol. The second kappa shape index (κ2) is 11.5. The van der Waals surface area contributed by atoms with Crippen molar-refractivity contribution < 1.29 is 19.1 Å². The molecule has 32 heavy (non-hydrogen) atoms. The molecule has 7 heteroatoms. The summed E-state index contributed by atoms with van der Waals surface area (Å²) in [6, 6.07) is 17.0. The van der Waals surface area contributed by atoms with Gasteiger partial charge in [-0.25, -0.2) is 4.98 Å². The number of nitrogens with one attached hydrogen (secondary N) is 2. The Morgan fingerprint density at radius 2 is 1.69 bits per heavy atom. The minimum atomic E-state index is -0.409. The maximum Gasteiger partial charge on any atom is 0.259 e. The molecule has 0 saturated heterocycles. The number of unbranched alkanes of at least 4 members (excludes halogenated alkanes) is 2. The molecule has 0 saturated carbocycles. The first-order valence-electron chi connectivity index (χ1n) is 10.6. The monoisotopic (exact) mass is 433 g/mol. The lowest BCUT2D eigenvalue weighted by Gasteiger charge is -2.13. The third-order valence-electron chi connectivity index (χ3n) is 4.76. The van der Waals surface area contributed by atoms with Crippen LogP contribution in [0.15, 0.2) is 66.9 Å². The van der Waals surface area contributed by atoms with E-state index in [2.05, 4.69) is 22.5 Å². The number of hydrogen-bond acceptors (Lipinski definition) is 5. The Morgan fingerprint density at radius 3 is 2.38 bits per heavy atom. The molecule has 0 aliphatic heterocycles. The Kier molecular flexibility index (Phi) is 8.20. The second-order valence-electron chi connectivity index (χ2n) is 7.11. The molecular weight excluding hydrogens is 406 g/mol. The molecule has 3 rings (SSSR count). The smallest absolute Gasteiger partial charge is 0.259 e. The maximum absolute atomic E-state index is 12.8. The Hall–Kier alpha value is -3.87. The zero-order chi connectivity index (χ0) is 22.8. The largest absolute Gasteiger partial charge is 0.497 e. The van der Waals surface area contributed by atoms with E-state index in [1.807, 2.05) is 0 Å². The molecule has 0 unspecified atom stereocenters. The van der Waals surface area contributed by atoms with Crippen LogP contribution >= 0.6 is 0 Å². The molecule has 166 valence electrons. The van der Waals surface area contributed by atoms with Gasteiger partial charge in [0.05, 0.1) is 25.0 Å². The molecule has 0 fully saturated rings. The molecule has 0 radical (unpaired) electrons. The first-order chi connectivity index (χ1) is 15.6. The van der Waals surface area contributed by atoms with Crippen LogP contribution < -0.4 is 20.1 Å². The number of amides is 2. The number of methoxy groups -OCH3 is 1. The standard InChI is InChI=1S/C25H27N3O4/c1-3-4-7-16-32-19-11-9-18(10-12-19)24(29)27-22-14-13-20(31-2)17-21(22)25(30)28-23-8-5-6-15-26-23/h5-6,8-15,17H,3-4,7,16H2,1-2H3,(H,27,29)(H,26,28,30). The van der Waals surface area contributed by atoms with Crippen molar-refractivity contribution in [3.05, 3.63) is 78.0 Å². The molecule has 7 nitrogen and oxygen atoms in total. The van der Waals surface area contributed by atoms with E-state index in [4.69, 9.17) is 9.47 Å². The van der Waals surface area contributed by atoms with Crippen molar-refractivity contribution in [3.8, 4) is 11.5 Å². The zero-order valence-corrected chi connectivity index (χ0v) is 18.3. The number of aromatic nitrogens is 1. The molecule has 2 amide bonds. The maximum atomic E-state index is 12.8. The fraction of sp³-hybridized carbons (Fsp3) is 0.240. The number of pyridine rings is 1. The predicted octanol–water partition coefficient (Wildman–Crippen LogP) is 5.16. The van der Waals surface area contributed by atoms with E-state index < -0.39 is 5.91 Å². The average Bonchev–Trinajstić information content (AvgIpc) is 2.83. The van der Waals surface area contributed by atoms with E-state index in [1.165, 1.54) is 7.11 Å². The van der Waals surface area contributed by atoms with Gasteiger partial charge in [-0.3, -0.25) is 9.59 Å². The molecule has 3 aromatic rings. The topological polar surface area (TPSA) is 89.5 Å². The molecule has 0 spiro atoms. The average molecular weight is 434 g/mol. The van der Waals surface area contributed by atoms with E-state index in [1.54, 1.807) is 66.9 Å². The summed E-state index contributed by atoms with van der Waals surface area (Å²) in [6.45, 7) is 2.80. The van der Waals surface area contributed by atoms with E-state index in [9.17, 15) is 9.59 Å². The third kappa shape index (κ3) is 6.31. The van der Waals surface area contributed by atoms with Crippen LogP contribution in [-0.4, -0.2) is 30.5 Å². The summed E-state index contributed by atoms with van der Waals surface area (Å²) in [6.07, 6.45) is 4.84. The first kappa shape index (κ1) is 22.8. The fourth-order valence-electron chi connectivity index (χ4n) is 3.01. The molecule has 2 N–H and O–H groups in total. The Labute approximate surface area is 187 Å². The molecule has 0 aliphatic rings. The van der Waals surface area contributed by atoms with E-state index >= 15 is 0 Å². The van der Waals surface area contributed by atoms with Crippen LogP contribution in [0.5, 0.6) is 11.5 Å². The Balaban J connectivity index is 1.72. The van der Waals surface area contributed by atoms with Crippen molar-refractivity contribution in [3.63, 3.8) is 0 Å². The highest BCUT2D eigenvalue weighted by Crippen LogP contribution is 2.24. The highest BCUT2D eigenvalue weighted by molar-refractivity contribution is 6.12. The summed E-state index contributed by atoms with van der Waals surface area (Å²) in [5.41, 5.74) is 1.08. The molecule has 0 atom stereocenters. The molecular formula is C25H27N3O4. The van der Waals surface area contributed by atoms with Gasteiger partial charge in [-0.1, -0.05) is 25.8 Å². The number of hydrogen-bond donors (Lipinski definition) is 2. The number of benzene rings is 2. The summed E-state index contributed by atoms with van der Waals surface area (Å²) in [4.78, 5) is 29.7. The van der Waals surface area contributed by atoms with Gasteiger partial charge in [0.1, 0.15) is 17.3 Å². The van der Waals surface area contributed by atoms with Gasteiger partial charge in [0.25, 0.3) is 11.8 Å². The molecule has 1 heterocycles. The minimum absolute atomic E-state index is 0.263. The van der Waals surface area contributed by atoms with Crippen molar-refractivity contribution in [2.45, 2.75) is 26.2 Å². The quantitative estimate of drug-likeness (QED) is 0.431. The summed E-state index contributed by atoms with van der Waals surface area (Å²) >= 11 is 0. The molecule has 0 bridgehead atoms. The van der Waals surface area contributed by atoms with Crippen LogP contribution in [0.3, 0.4) is 0 Å². The second-order valence-corrected chi connectivity index (χ2v) is 7.11. The van der Waals surface area contributed by atoms with Crippen molar-refractivity contribution >= 4 is 23.3 Å². The number of anilines is 2. The van der Waals surface area contributed by atoms with Crippen molar-refractivity contribution in [1.82, 2.24) is 4.98 Å². The van der Waals surface area contributed by atoms with Gasteiger partial charge in [0.15, 0.2) is 0 Å². The van der Waals surface area contributed by atoms with Gasteiger partial charge in [-0.15, -0.1) is 0 Å². The molecule has 0 aliphatic carbocycles. The van der Waals surface area contributed by atoms with Crippen LogP contribution in [0.4, 0.5) is 11.5 Å². The minimum Gasteiger partial charge on any atom is -0.497 e. The molecule has 1 aromatic heterocycles. The number of ether oxygens (including phenoxy) is 2. The lowest BCUT2D eigenvalue weighted by Crippen LogP contribution is -2.18. The number of nitrogens with zero attached hydrogens (tertiary/aromatic N) is 1. The van der Waals surface area contributed by atoms with Gasteiger partial charge in [0.2, 0.25) is 0 Å². The Bertz CT molecular complexity index is 1040. The number of rotatable bonds is 10. The van der Waals surface area contributed by atoms with Crippen LogP contribution in [0.1, 0.15) is 46.9 Å². The fourth-order valence-corrected chi connectivity index (χ4v) is 3.01. The summed E-state index contributed by atoms with van der Waals surface area (Å²) in [5, 5.41) is 5.53. The van der Waals surface area contributed by atoms with Crippen LogP contribution in [0.2, 0.25) is 0 Å². The van der Waals surface area contributed by atoms with E-state index in [0.29, 0.717) is 29.4 Å². The van der Waals surface area contributed by atoms with Crippen molar-refractivity contribution in [2.75, 3.05) is 24.4 Å². The van der Waals surface area contributed by atoms with E-state index in [-0.39, 0.29) is 11.5 Å². The Morgan fingerprint density at radius 1 is 0.906 bits per heavy atom. The summed E-state index contributed by atoms with van der Waals surface area (Å²) in [7, 11) is 1.51. The lowest BCUT2D eigenvalue weighted by atomic mass is 10.1. The van der Waals surface area contributed by atoms with Gasteiger partial charge < -0.3 is 20.1 Å². The van der Waals surface area contributed by atoms with Crippen LogP contribution in [-0.2, 0) is 0 Å². The van der Waals surface area contributed by atoms with Crippen molar-refractivity contribution in [1.29, 1.82) is 0 Å². The summed E-state index contributed by atoms with van der Waals surface area (Å²) < 4.78 is 10.9.